The second-order valence-electron chi connectivity index (χ2n) is 5.77. The molecular formula is C22H21O3P. The van der Waals surface area contributed by atoms with Crippen LogP contribution in [0.2, 0.25) is 0 Å². The van der Waals surface area contributed by atoms with Gasteiger partial charge in [0.1, 0.15) is 11.5 Å². The Hall–Kier alpha value is -2.64. The lowest BCUT2D eigenvalue weighted by molar-refractivity contribution is 0.102. The number of ether oxygens (including phenoxy) is 2. The van der Waals surface area contributed by atoms with E-state index in [1.165, 1.54) is 0 Å². The van der Waals surface area contributed by atoms with E-state index in [2.05, 4.69) is 0 Å². The van der Waals surface area contributed by atoms with Crippen molar-refractivity contribution in [3.8, 4) is 11.5 Å². The van der Waals surface area contributed by atoms with Gasteiger partial charge in [0.2, 0.25) is 0 Å². The van der Waals surface area contributed by atoms with Gasteiger partial charge in [-0.15, -0.1) is 0 Å². The van der Waals surface area contributed by atoms with Gasteiger partial charge in [-0.25, -0.2) is 0 Å². The second-order valence-corrected chi connectivity index (χ2v) is 7.98. The van der Waals surface area contributed by atoms with Crippen LogP contribution in [0, 0.1) is 0 Å². The van der Waals surface area contributed by atoms with E-state index in [1.807, 2.05) is 78.9 Å². The third-order valence-corrected chi connectivity index (χ3v) is 6.61. The maximum atomic E-state index is 12.8. The lowest BCUT2D eigenvalue weighted by Crippen LogP contribution is -2.18. The van der Waals surface area contributed by atoms with Crippen LogP contribution in [0.5, 0.6) is 11.5 Å². The van der Waals surface area contributed by atoms with Crippen molar-refractivity contribution in [3.05, 3.63) is 84.4 Å². The van der Waals surface area contributed by atoms with E-state index in [9.17, 15) is 4.79 Å². The summed E-state index contributed by atoms with van der Waals surface area (Å²) in [6, 6.07) is 25.4. The lowest BCUT2D eigenvalue weighted by atomic mass is 10.2. The molecule has 0 N–H and O–H groups in total. The average Bonchev–Trinajstić information content (AvgIpc) is 2.73. The van der Waals surface area contributed by atoms with E-state index in [0.717, 1.165) is 27.7 Å². The van der Waals surface area contributed by atoms with Crippen molar-refractivity contribution in [2.75, 3.05) is 20.4 Å². The van der Waals surface area contributed by atoms with Gasteiger partial charge in [0.15, 0.2) is 5.78 Å². The molecule has 0 aliphatic carbocycles. The largest absolute Gasteiger partial charge is 0.497 e. The quantitative estimate of drug-likeness (QED) is 0.469. The number of carbonyl (C=O) groups is 1. The molecule has 0 atom stereocenters. The third-order valence-electron chi connectivity index (χ3n) is 4.17. The molecule has 0 amide bonds. The highest BCUT2D eigenvalue weighted by Gasteiger charge is 2.19. The smallest absolute Gasteiger partial charge is 0.167 e. The predicted molar refractivity (Wildman–Crippen MR) is 108 cm³/mol. The molecule has 3 nitrogen and oxygen atoms in total. The molecule has 26 heavy (non-hydrogen) atoms. The Bertz CT molecular complexity index is 795. The zero-order valence-corrected chi connectivity index (χ0v) is 15.8. The molecule has 3 aromatic carbocycles. The summed E-state index contributed by atoms with van der Waals surface area (Å²) in [6.07, 6.45) is 0.470. The number of hydrogen-bond donors (Lipinski definition) is 0. The maximum Gasteiger partial charge on any atom is 0.167 e. The molecular weight excluding hydrogens is 343 g/mol. The van der Waals surface area contributed by atoms with Crippen LogP contribution in [0.4, 0.5) is 0 Å². The first-order valence-corrected chi connectivity index (χ1v) is 9.88. The molecule has 0 saturated heterocycles. The summed E-state index contributed by atoms with van der Waals surface area (Å²) in [4.78, 5) is 12.8. The first-order valence-electron chi connectivity index (χ1n) is 8.35. The predicted octanol–water partition coefficient (Wildman–Crippen LogP) is 4.02. The number of rotatable bonds is 7. The number of methoxy groups -OCH3 is 2. The van der Waals surface area contributed by atoms with Crippen LogP contribution in [-0.4, -0.2) is 26.2 Å². The van der Waals surface area contributed by atoms with Gasteiger partial charge >= 0.3 is 0 Å². The standard InChI is InChI=1S/C22H21O3P/c1-24-18-8-12-20(13-9-18)26(21-14-10-19(25-2)11-15-21)16-22(23)17-6-4-3-5-7-17/h3-15H,16H2,1-2H3. The van der Waals surface area contributed by atoms with Gasteiger partial charge in [0.25, 0.3) is 0 Å². The molecule has 0 aliphatic heterocycles. The van der Waals surface area contributed by atoms with E-state index in [1.54, 1.807) is 14.2 Å². The molecule has 0 heterocycles. The SMILES string of the molecule is COc1ccc(P(CC(=O)c2ccccc2)c2ccc(OC)cc2)cc1. The zero-order chi connectivity index (χ0) is 18.4. The van der Waals surface area contributed by atoms with Gasteiger partial charge in [-0.2, -0.15) is 0 Å². The number of hydrogen-bond acceptors (Lipinski definition) is 3. The fraction of sp³-hybridized carbons (Fsp3) is 0.136. The Morgan fingerprint density at radius 1 is 0.731 bits per heavy atom. The van der Waals surface area contributed by atoms with Crippen molar-refractivity contribution in [2.45, 2.75) is 0 Å². The molecule has 3 rings (SSSR count). The number of carbonyl (C=O) groups excluding carboxylic acids is 1. The Morgan fingerprint density at radius 3 is 1.62 bits per heavy atom. The summed E-state index contributed by atoms with van der Waals surface area (Å²) in [5, 5.41) is 2.30. The molecule has 132 valence electrons. The fourth-order valence-corrected chi connectivity index (χ4v) is 4.87. The average molecular weight is 364 g/mol. The number of benzene rings is 3. The molecule has 0 fully saturated rings. The summed E-state index contributed by atoms with van der Waals surface area (Å²) in [7, 11) is 2.50. The third kappa shape index (κ3) is 4.30. The van der Waals surface area contributed by atoms with Crippen molar-refractivity contribution >= 4 is 24.3 Å². The molecule has 0 spiro atoms. The van der Waals surface area contributed by atoms with Crippen LogP contribution in [-0.2, 0) is 0 Å². The van der Waals surface area contributed by atoms with Crippen LogP contribution in [0.1, 0.15) is 10.4 Å². The van der Waals surface area contributed by atoms with Crippen molar-refractivity contribution in [2.24, 2.45) is 0 Å². The van der Waals surface area contributed by atoms with Crippen LogP contribution in [0.15, 0.2) is 78.9 Å². The molecule has 4 heteroatoms. The summed E-state index contributed by atoms with van der Waals surface area (Å²) >= 11 is 0. The molecule has 0 unspecified atom stereocenters. The zero-order valence-electron chi connectivity index (χ0n) is 14.9. The van der Waals surface area contributed by atoms with Gasteiger partial charge < -0.3 is 9.47 Å². The van der Waals surface area contributed by atoms with Crippen molar-refractivity contribution in [1.29, 1.82) is 0 Å². The van der Waals surface area contributed by atoms with E-state index in [4.69, 9.17) is 9.47 Å². The Kier molecular flexibility index (Phi) is 6.04. The molecule has 0 saturated carbocycles. The van der Waals surface area contributed by atoms with Crippen molar-refractivity contribution in [1.82, 2.24) is 0 Å². The van der Waals surface area contributed by atoms with E-state index in [0.29, 0.717) is 6.16 Å². The lowest BCUT2D eigenvalue weighted by Gasteiger charge is -2.19. The Balaban J connectivity index is 1.93. The molecule has 0 aliphatic rings. The Morgan fingerprint density at radius 2 is 1.19 bits per heavy atom. The van der Waals surface area contributed by atoms with Crippen molar-refractivity contribution in [3.63, 3.8) is 0 Å². The summed E-state index contributed by atoms with van der Waals surface area (Å²) in [6.45, 7) is 0. The van der Waals surface area contributed by atoms with E-state index >= 15 is 0 Å². The minimum atomic E-state index is -0.809. The van der Waals surface area contributed by atoms with Crippen LogP contribution >= 0.6 is 7.92 Å². The van der Waals surface area contributed by atoms with Gasteiger partial charge in [-0.1, -0.05) is 54.6 Å². The molecule has 0 radical (unpaired) electrons. The summed E-state index contributed by atoms with van der Waals surface area (Å²) in [5.74, 6) is 1.78. The van der Waals surface area contributed by atoms with Crippen LogP contribution in [0.3, 0.4) is 0 Å². The van der Waals surface area contributed by atoms with Gasteiger partial charge in [-0.05, 0) is 42.8 Å². The minimum absolute atomic E-state index is 0.156. The van der Waals surface area contributed by atoms with Crippen LogP contribution in [0.25, 0.3) is 0 Å². The number of ketones is 1. The monoisotopic (exact) mass is 364 g/mol. The normalized spacial score (nSPS) is 10.6. The molecule has 0 aromatic heterocycles. The summed E-state index contributed by atoms with van der Waals surface area (Å²) < 4.78 is 10.5. The van der Waals surface area contributed by atoms with Crippen molar-refractivity contribution < 1.29 is 14.3 Å². The van der Waals surface area contributed by atoms with Gasteiger partial charge in [0, 0.05) is 11.7 Å². The van der Waals surface area contributed by atoms with E-state index < -0.39 is 7.92 Å². The maximum absolute atomic E-state index is 12.8. The van der Waals surface area contributed by atoms with Gasteiger partial charge in [0.05, 0.1) is 14.2 Å². The van der Waals surface area contributed by atoms with E-state index in [-0.39, 0.29) is 5.78 Å². The fourth-order valence-electron chi connectivity index (χ4n) is 2.71. The number of Topliss-reactive ketones (excluding diaryl/α,β-unsaturated/α-hetero) is 1. The second kappa shape index (κ2) is 8.64. The minimum Gasteiger partial charge on any atom is -0.497 e. The van der Waals surface area contributed by atoms with Crippen LogP contribution < -0.4 is 20.1 Å². The Labute approximate surface area is 155 Å². The highest BCUT2D eigenvalue weighted by atomic mass is 31.1. The first-order chi connectivity index (χ1) is 12.7. The highest BCUT2D eigenvalue weighted by molar-refractivity contribution is 7.73. The summed E-state index contributed by atoms with van der Waals surface area (Å²) in [5.41, 5.74) is 0.752. The topological polar surface area (TPSA) is 35.5 Å². The van der Waals surface area contributed by atoms with Gasteiger partial charge in [-0.3, -0.25) is 4.79 Å². The molecule has 3 aromatic rings. The first kappa shape index (κ1) is 18.2. The molecule has 0 bridgehead atoms. The highest BCUT2D eigenvalue weighted by Crippen LogP contribution is 2.35.